The first-order chi connectivity index (χ1) is 7.98. The summed E-state index contributed by atoms with van der Waals surface area (Å²) in [7, 11) is 0. The molecule has 1 aliphatic heterocycles. The van der Waals surface area contributed by atoms with E-state index < -0.39 is 12.2 Å². The van der Waals surface area contributed by atoms with Crippen molar-refractivity contribution < 1.29 is 13.2 Å². The van der Waals surface area contributed by atoms with Crippen LogP contribution >= 0.6 is 52.1 Å². The van der Waals surface area contributed by atoms with E-state index in [9.17, 15) is 13.2 Å². The van der Waals surface area contributed by atoms with Crippen molar-refractivity contribution in [1.29, 1.82) is 0 Å². The maximum atomic E-state index is 13.1. The summed E-state index contributed by atoms with van der Waals surface area (Å²) in [5.74, 6) is 0. The number of nitrogens with zero attached hydrogens (tertiary/aromatic N) is 1. The van der Waals surface area contributed by atoms with E-state index in [0.29, 0.717) is 35.5 Å². The second-order valence-electron chi connectivity index (χ2n) is 3.90. The smallest absolute Gasteiger partial charge is 0.314 e. The zero-order valence-corrected chi connectivity index (χ0v) is 13.8. The molecule has 2 nitrogen and oxygen atoms in total. The van der Waals surface area contributed by atoms with Crippen LogP contribution in [0.25, 0.3) is 0 Å². The zero-order valence-electron chi connectivity index (χ0n) is 9.74. The Kier molecular flexibility index (Phi) is 8.24. The van der Waals surface area contributed by atoms with Crippen LogP contribution in [0.5, 0.6) is 0 Å². The molecule has 0 amide bonds. The Morgan fingerprint density at radius 2 is 1.84 bits per heavy atom. The van der Waals surface area contributed by atoms with Gasteiger partial charge in [0.15, 0.2) is 0 Å². The Morgan fingerprint density at radius 3 is 2.26 bits per heavy atom. The SMILES string of the molecule is Cl.Cl.FC(F)(F)[C@@H](c1cc(Br)cs1)N1CCNCC1. The Balaban J connectivity index is 0.00000162. The van der Waals surface area contributed by atoms with Gasteiger partial charge in [0.1, 0.15) is 6.04 Å². The van der Waals surface area contributed by atoms with Gasteiger partial charge < -0.3 is 5.32 Å². The highest BCUT2D eigenvalue weighted by atomic mass is 79.9. The van der Waals surface area contributed by atoms with E-state index in [2.05, 4.69) is 21.2 Å². The number of hydrogen-bond acceptors (Lipinski definition) is 3. The molecule has 0 radical (unpaired) electrons. The van der Waals surface area contributed by atoms with E-state index in [0.717, 1.165) is 11.3 Å². The summed E-state index contributed by atoms with van der Waals surface area (Å²) in [6.07, 6.45) is -4.22. The molecule has 19 heavy (non-hydrogen) atoms. The minimum atomic E-state index is -4.22. The summed E-state index contributed by atoms with van der Waals surface area (Å²) in [4.78, 5) is 1.85. The Bertz CT molecular complexity index is 383. The van der Waals surface area contributed by atoms with Gasteiger partial charge in [-0.15, -0.1) is 36.2 Å². The molecule has 1 saturated heterocycles. The van der Waals surface area contributed by atoms with E-state index in [4.69, 9.17) is 0 Å². The van der Waals surface area contributed by atoms with Crippen molar-refractivity contribution in [1.82, 2.24) is 10.2 Å². The van der Waals surface area contributed by atoms with Crippen molar-refractivity contribution in [2.75, 3.05) is 26.2 Å². The van der Waals surface area contributed by atoms with Gasteiger partial charge in [0, 0.05) is 40.9 Å². The van der Waals surface area contributed by atoms with Crippen LogP contribution in [0.15, 0.2) is 15.9 Å². The molecule has 0 spiro atoms. The molecule has 0 unspecified atom stereocenters. The molecule has 1 atom stereocenters. The van der Waals surface area contributed by atoms with E-state index >= 15 is 0 Å². The molecule has 2 rings (SSSR count). The number of thiophene rings is 1. The van der Waals surface area contributed by atoms with Crippen molar-refractivity contribution in [2.45, 2.75) is 12.2 Å². The first-order valence-corrected chi connectivity index (χ1v) is 6.91. The van der Waals surface area contributed by atoms with E-state index in [1.807, 2.05) is 0 Å². The largest absolute Gasteiger partial charge is 0.408 e. The number of halogens is 6. The molecule has 1 aromatic rings. The molecule has 0 saturated carbocycles. The normalized spacial score (nSPS) is 18.3. The lowest BCUT2D eigenvalue weighted by Crippen LogP contribution is -2.48. The molecule has 0 aromatic carbocycles. The molecule has 9 heteroatoms. The summed E-state index contributed by atoms with van der Waals surface area (Å²) in [5, 5.41) is 4.75. The molecular weight excluding hydrogens is 388 g/mol. The van der Waals surface area contributed by atoms with Gasteiger partial charge >= 0.3 is 6.18 Å². The molecule has 1 N–H and O–H groups in total. The second kappa shape index (κ2) is 8.05. The molecule has 1 aromatic heterocycles. The summed E-state index contributed by atoms with van der Waals surface area (Å²) in [6, 6.07) is 0.0890. The molecular formula is C10H14BrCl2F3N2S. The Morgan fingerprint density at radius 1 is 1.26 bits per heavy atom. The molecule has 0 bridgehead atoms. The van der Waals surface area contributed by atoms with Crippen LogP contribution in [0, 0.1) is 0 Å². The zero-order chi connectivity index (χ0) is 12.5. The summed E-state index contributed by atoms with van der Waals surface area (Å²) < 4.78 is 40.1. The predicted molar refractivity (Wildman–Crippen MR) is 79.8 cm³/mol. The van der Waals surface area contributed by atoms with Crippen LogP contribution in [0.2, 0.25) is 0 Å². The lowest BCUT2D eigenvalue weighted by molar-refractivity contribution is -0.186. The maximum absolute atomic E-state index is 13.1. The van der Waals surface area contributed by atoms with Crippen molar-refractivity contribution in [3.05, 3.63) is 20.8 Å². The number of rotatable bonds is 2. The number of nitrogens with one attached hydrogen (secondary N) is 1. The van der Waals surface area contributed by atoms with Crippen LogP contribution in [-0.4, -0.2) is 37.3 Å². The number of alkyl halides is 3. The monoisotopic (exact) mass is 400 g/mol. The topological polar surface area (TPSA) is 15.3 Å². The van der Waals surface area contributed by atoms with Gasteiger partial charge in [0.25, 0.3) is 0 Å². The van der Waals surface area contributed by atoms with Gasteiger partial charge in [-0.3, -0.25) is 4.90 Å². The number of hydrogen-bond donors (Lipinski definition) is 1. The van der Waals surface area contributed by atoms with Gasteiger partial charge in [-0.05, 0) is 22.0 Å². The van der Waals surface area contributed by atoms with Crippen LogP contribution in [-0.2, 0) is 0 Å². The van der Waals surface area contributed by atoms with Gasteiger partial charge in [0.2, 0.25) is 0 Å². The van der Waals surface area contributed by atoms with Crippen molar-refractivity contribution >= 4 is 52.1 Å². The highest BCUT2D eigenvalue weighted by molar-refractivity contribution is 9.10. The summed E-state index contributed by atoms with van der Waals surface area (Å²) in [6.45, 7) is 2.08. The van der Waals surface area contributed by atoms with Crippen LogP contribution < -0.4 is 5.32 Å². The Labute approximate surface area is 134 Å². The van der Waals surface area contributed by atoms with Crippen molar-refractivity contribution in [3.8, 4) is 0 Å². The van der Waals surface area contributed by atoms with E-state index in [1.165, 1.54) is 4.90 Å². The molecule has 1 aliphatic rings. The Hall–Kier alpha value is 0.470. The third kappa shape index (κ3) is 5.06. The second-order valence-corrected chi connectivity index (χ2v) is 5.76. The van der Waals surface area contributed by atoms with E-state index in [-0.39, 0.29) is 24.8 Å². The molecule has 1 fully saturated rings. The van der Waals surface area contributed by atoms with Gasteiger partial charge in [-0.25, -0.2) is 0 Å². The van der Waals surface area contributed by atoms with Crippen molar-refractivity contribution in [2.24, 2.45) is 0 Å². The van der Waals surface area contributed by atoms with Gasteiger partial charge in [-0.1, -0.05) is 0 Å². The highest BCUT2D eigenvalue weighted by Crippen LogP contribution is 2.41. The first-order valence-electron chi connectivity index (χ1n) is 5.24. The fraction of sp³-hybridized carbons (Fsp3) is 0.600. The van der Waals surface area contributed by atoms with Crippen LogP contribution in [0.3, 0.4) is 0 Å². The maximum Gasteiger partial charge on any atom is 0.408 e. The third-order valence-corrected chi connectivity index (χ3v) is 4.43. The van der Waals surface area contributed by atoms with E-state index in [1.54, 1.807) is 11.4 Å². The standard InChI is InChI=1S/C10H12BrF3N2S.2ClH/c11-7-5-8(17-6-7)9(10(12,13)14)16-3-1-15-2-4-16;;/h5-6,9,15H,1-4H2;2*1H/t9-;;/m1../s1. The highest BCUT2D eigenvalue weighted by Gasteiger charge is 2.45. The summed E-state index contributed by atoms with van der Waals surface area (Å²) in [5.41, 5.74) is 0. The minimum absolute atomic E-state index is 0. The fourth-order valence-electron chi connectivity index (χ4n) is 1.96. The third-order valence-electron chi connectivity index (χ3n) is 2.68. The average molecular weight is 402 g/mol. The van der Waals surface area contributed by atoms with Gasteiger partial charge in [0.05, 0.1) is 0 Å². The average Bonchev–Trinajstić information content (AvgIpc) is 2.64. The fourth-order valence-corrected chi connectivity index (χ4v) is 3.56. The van der Waals surface area contributed by atoms with Crippen LogP contribution in [0.4, 0.5) is 13.2 Å². The van der Waals surface area contributed by atoms with Crippen LogP contribution in [0.1, 0.15) is 10.9 Å². The quantitative estimate of drug-likeness (QED) is 0.809. The summed E-state index contributed by atoms with van der Waals surface area (Å²) >= 11 is 4.35. The predicted octanol–water partition coefficient (Wildman–Crippen LogP) is 3.86. The lowest BCUT2D eigenvalue weighted by atomic mass is 10.1. The number of piperazine rings is 1. The minimum Gasteiger partial charge on any atom is -0.314 e. The lowest BCUT2D eigenvalue weighted by Gasteiger charge is -2.35. The molecule has 2 heterocycles. The van der Waals surface area contributed by atoms with Gasteiger partial charge in [-0.2, -0.15) is 13.2 Å². The van der Waals surface area contributed by atoms with Crippen molar-refractivity contribution in [3.63, 3.8) is 0 Å². The first kappa shape index (κ1) is 19.5. The molecule has 0 aliphatic carbocycles. The molecule has 112 valence electrons.